The van der Waals surface area contributed by atoms with Crippen LogP contribution in [0.2, 0.25) is 5.15 Å². The van der Waals surface area contributed by atoms with Crippen molar-refractivity contribution in [2.75, 3.05) is 12.4 Å². The van der Waals surface area contributed by atoms with Crippen LogP contribution in [0.15, 0.2) is 59.7 Å². The lowest BCUT2D eigenvalue weighted by Gasteiger charge is -2.35. The van der Waals surface area contributed by atoms with E-state index in [0.29, 0.717) is 18.0 Å². The van der Waals surface area contributed by atoms with Gasteiger partial charge in [0.15, 0.2) is 28.6 Å². The molecule has 2 aromatic carbocycles. The molecule has 2 atom stereocenters. The minimum atomic E-state index is -0.418. The summed E-state index contributed by atoms with van der Waals surface area (Å²) in [6.45, 7) is 2.53. The molecule has 1 aliphatic heterocycles. The zero-order chi connectivity index (χ0) is 28.8. The highest BCUT2D eigenvalue weighted by molar-refractivity contribution is 8.01. The Morgan fingerprint density at radius 1 is 1.10 bits per heavy atom. The fourth-order valence-electron chi connectivity index (χ4n) is 4.95. The fraction of sp³-hybridized carbons (Fsp3) is 0.367. The molecule has 2 heterocycles. The maximum absolute atomic E-state index is 12.5. The van der Waals surface area contributed by atoms with Crippen molar-refractivity contribution in [1.29, 1.82) is 0 Å². The number of aromatic nitrogens is 2. The number of nitrogens with one attached hydrogen (secondary N) is 1. The fourth-order valence-corrected chi connectivity index (χ4v) is 6.22. The number of benzene rings is 2. The number of methoxy groups -OCH3 is 1. The molecule has 1 aliphatic carbocycles. The van der Waals surface area contributed by atoms with Gasteiger partial charge in [-0.1, -0.05) is 30.7 Å². The Balaban J connectivity index is 1.34. The summed E-state index contributed by atoms with van der Waals surface area (Å²) in [6, 6.07) is 16.4. The first-order valence-corrected chi connectivity index (χ1v) is 15.0. The molecule has 3 aromatic rings. The summed E-state index contributed by atoms with van der Waals surface area (Å²) in [5.74, 6) is 1.05. The molecule has 1 N–H and O–H groups in total. The molecule has 41 heavy (non-hydrogen) atoms. The van der Waals surface area contributed by atoms with E-state index in [1.54, 1.807) is 31.0 Å². The van der Waals surface area contributed by atoms with Crippen LogP contribution in [0.25, 0.3) is 0 Å². The van der Waals surface area contributed by atoms with Gasteiger partial charge in [0.1, 0.15) is 5.37 Å². The van der Waals surface area contributed by atoms with Crippen molar-refractivity contribution >= 4 is 47.0 Å². The number of anilines is 1. The number of hydrogen-bond acceptors (Lipinski definition) is 9. The topological polar surface area (TPSA) is 106 Å². The second-order valence-electron chi connectivity index (χ2n) is 9.92. The van der Waals surface area contributed by atoms with Crippen molar-refractivity contribution in [3.05, 3.63) is 76.6 Å². The number of aldehydes is 1. The van der Waals surface area contributed by atoms with E-state index in [1.807, 2.05) is 35.3 Å². The zero-order valence-electron chi connectivity index (χ0n) is 23.0. The number of hydrazone groups is 1. The number of ether oxygens (including phenoxy) is 2. The molecule has 1 aromatic heterocycles. The summed E-state index contributed by atoms with van der Waals surface area (Å²) >= 11 is 7.35. The molecule has 1 fully saturated rings. The Morgan fingerprint density at radius 2 is 1.88 bits per heavy atom. The van der Waals surface area contributed by atoms with E-state index in [9.17, 15) is 9.59 Å². The number of thioether (sulfide) groups is 1. The summed E-state index contributed by atoms with van der Waals surface area (Å²) in [5, 5.41) is 17.0. The van der Waals surface area contributed by atoms with Crippen LogP contribution in [-0.2, 0) is 11.3 Å². The van der Waals surface area contributed by atoms with Crippen LogP contribution in [0.4, 0.5) is 5.69 Å². The minimum absolute atomic E-state index is 0.0581. The third-order valence-electron chi connectivity index (χ3n) is 7.10. The molecule has 5 rings (SSSR count). The summed E-state index contributed by atoms with van der Waals surface area (Å²) in [4.78, 5) is 24.6. The van der Waals surface area contributed by atoms with Crippen molar-refractivity contribution in [2.45, 2.75) is 62.3 Å². The number of rotatable bonds is 10. The number of carbonyl (C=O) groups excluding carboxylic acids is 2. The molecule has 2 aliphatic rings. The van der Waals surface area contributed by atoms with E-state index < -0.39 is 5.37 Å². The zero-order valence-corrected chi connectivity index (χ0v) is 24.5. The number of halogens is 1. The molecule has 1 amide bonds. The van der Waals surface area contributed by atoms with Crippen molar-refractivity contribution in [3.63, 3.8) is 0 Å². The Bertz CT molecular complexity index is 1400. The third-order valence-corrected chi connectivity index (χ3v) is 8.82. The molecule has 0 radical (unpaired) electrons. The standard InChI is InChI=1S/C30H32ClN5O4S/c1-3-26-29(20-10-14-24(39-2)25(16-20)40-22-6-4-5-7-22)35-36(28(18-37)41-26)17-19-8-11-21(12-9-19)32-30(38)23-13-15-27(31)34-33-23/h8-16,18,22,26,28H,3-7,17H2,1-2H3,(H,32,38). The minimum Gasteiger partial charge on any atom is -0.493 e. The highest BCUT2D eigenvalue weighted by atomic mass is 35.5. The smallest absolute Gasteiger partial charge is 0.276 e. The van der Waals surface area contributed by atoms with Crippen LogP contribution < -0.4 is 14.8 Å². The van der Waals surface area contributed by atoms with Gasteiger partial charge in [0.05, 0.1) is 30.7 Å². The van der Waals surface area contributed by atoms with Crippen molar-refractivity contribution < 1.29 is 19.1 Å². The molecule has 9 nitrogen and oxygen atoms in total. The van der Waals surface area contributed by atoms with Crippen LogP contribution in [-0.4, -0.2) is 56.9 Å². The van der Waals surface area contributed by atoms with Crippen LogP contribution >= 0.6 is 23.4 Å². The first-order chi connectivity index (χ1) is 20.0. The Kier molecular flexibility index (Phi) is 9.41. The largest absolute Gasteiger partial charge is 0.493 e. The maximum atomic E-state index is 12.5. The highest BCUT2D eigenvalue weighted by Crippen LogP contribution is 2.37. The SMILES string of the molecule is CCC1SC(C=O)N(Cc2ccc(NC(=O)c3ccc(Cl)nn3)cc2)N=C1c1ccc(OC)c(OC2CCCC2)c1. The lowest BCUT2D eigenvalue weighted by Crippen LogP contribution is -2.39. The Hall–Kier alpha value is -3.63. The average molecular weight is 594 g/mol. The van der Waals surface area contributed by atoms with Gasteiger partial charge in [0.25, 0.3) is 5.91 Å². The summed E-state index contributed by atoms with van der Waals surface area (Å²) in [7, 11) is 1.65. The molecule has 214 valence electrons. The van der Waals surface area contributed by atoms with Gasteiger partial charge in [0.2, 0.25) is 0 Å². The number of amides is 1. The van der Waals surface area contributed by atoms with E-state index in [2.05, 4.69) is 22.4 Å². The van der Waals surface area contributed by atoms with Crippen molar-refractivity contribution in [1.82, 2.24) is 15.2 Å². The van der Waals surface area contributed by atoms with Crippen LogP contribution in [0.5, 0.6) is 11.5 Å². The molecule has 2 unspecified atom stereocenters. The maximum Gasteiger partial charge on any atom is 0.276 e. The van der Waals surface area contributed by atoms with E-state index in [-0.39, 0.29) is 28.1 Å². The van der Waals surface area contributed by atoms with Crippen LogP contribution in [0, 0.1) is 0 Å². The summed E-state index contributed by atoms with van der Waals surface area (Å²) in [6.07, 6.45) is 6.44. The van der Waals surface area contributed by atoms with Gasteiger partial charge >= 0.3 is 0 Å². The molecular formula is C30H32ClN5O4S. The highest BCUT2D eigenvalue weighted by Gasteiger charge is 2.32. The molecule has 0 bridgehead atoms. The summed E-state index contributed by atoms with van der Waals surface area (Å²) < 4.78 is 11.9. The predicted molar refractivity (Wildman–Crippen MR) is 161 cm³/mol. The van der Waals surface area contributed by atoms with E-state index in [1.165, 1.54) is 25.0 Å². The van der Waals surface area contributed by atoms with Gasteiger partial charge in [-0.25, -0.2) is 0 Å². The van der Waals surface area contributed by atoms with Crippen LogP contribution in [0.3, 0.4) is 0 Å². The van der Waals surface area contributed by atoms with Gasteiger partial charge in [-0.2, -0.15) is 5.10 Å². The average Bonchev–Trinajstić information content (AvgIpc) is 3.51. The monoisotopic (exact) mass is 593 g/mol. The van der Waals surface area contributed by atoms with Gasteiger partial charge in [-0.15, -0.1) is 22.0 Å². The van der Waals surface area contributed by atoms with Crippen molar-refractivity contribution in [3.8, 4) is 11.5 Å². The number of hydrogen-bond donors (Lipinski definition) is 1. The molecular weight excluding hydrogens is 562 g/mol. The Labute approximate surface area is 248 Å². The van der Waals surface area contributed by atoms with Crippen LogP contribution in [0.1, 0.15) is 60.6 Å². The lowest BCUT2D eigenvalue weighted by atomic mass is 10.0. The first-order valence-electron chi connectivity index (χ1n) is 13.7. The molecule has 0 saturated heterocycles. The second kappa shape index (κ2) is 13.4. The predicted octanol–water partition coefficient (Wildman–Crippen LogP) is 5.97. The van der Waals surface area contributed by atoms with Gasteiger partial charge < -0.3 is 19.6 Å². The van der Waals surface area contributed by atoms with Crippen molar-refractivity contribution in [2.24, 2.45) is 5.10 Å². The Morgan fingerprint density at radius 3 is 2.54 bits per heavy atom. The molecule has 0 spiro atoms. The lowest BCUT2D eigenvalue weighted by molar-refractivity contribution is -0.110. The summed E-state index contributed by atoms with van der Waals surface area (Å²) in [5.41, 5.74) is 3.58. The number of nitrogens with zero attached hydrogens (tertiary/aromatic N) is 4. The third kappa shape index (κ3) is 7.00. The van der Waals surface area contributed by atoms with E-state index in [0.717, 1.165) is 48.1 Å². The normalized spacial score (nSPS) is 19.0. The quantitative estimate of drug-likeness (QED) is 0.287. The van der Waals surface area contributed by atoms with Gasteiger partial charge in [-0.3, -0.25) is 9.80 Å². The van der Waals surface area contributed by atoms with Gasteiger partial charge in [-0.05, 0) is 80.1 Å². The van der Waals surface area contributed by atoms with E-state index >= 15 is 0 Å². The molecule has 1 saturated carbocycles. The second-order valence-corrected chi connectivity index (χ2v) is 11.6. The van der Waals surface area contributed by atoms with Gasteiger partial charge in [0, 0.05) is 11.3 Å². The first kappa shape index (κ1) is 28.9. The number of carbonyl (C=O) groups is 2. The molecule has 11 heteroatoms. The van der Waals surface area contributed by atoms with E-state index in [4.69, 9.17) is 26.2 Å².